The predicted molar refractivity (Wildman–Crippen MR) is 87.1 cm³/mol. The summed E-state index contributed by atoms with van der Waals surface area (Å²) in [6.07, 6.45) is 0.835. The van der Waals surface area contributed by atoms with Gasteiger partial charge in [0.1, 0.15) is 5.75 Å². The minimum Gasteiger partial charge on any atom is -0.493 e. The summed E-state index contributed by atoms with van der Waals surface area (Å²) in [5.74, 6) is 0.860. The van der Waals surface area contributed by atoms with Gasteiger partial charge >= 0.3 is 0 Å². The Morgan fingerprint density at radius 1 is 1.20 bits per heavy atom. The van der Waals surface area contributed by atoms with E-state index in [4.69, 9.17) is 10.5 Å². The van der Waals surface area contributed by atoms with E-state index in [1.807, 2.05) is 25.1 Å². The summed E-state index contributed by atoms with van der Waals surface area (Å²) >= 11 is 3.53. The molecule has 1 unspecified atom stereocenters. The molecule has 0 spiro atoms. The van der Waals surface area contributed by atoms with E-state index in [1.165, 1.54) is 11.1 Å². The number of aryl methyl sites for hydroxylation is 1. The maximum atomic E-state index is 6.31. The van der Waals surface area contributed by atoms with Crippen LogP contribution in [0.1, 0.15) is 29.7 Å². The molecular formula is C17H20BrNO. The fourth-order valence-electron chi connectivity index (χ4n) is 2.23. The molecule has 0 radical (unpaired) electrons. The first-order chi connectivity index (χ1) is 9.60. The van der Waals surface area contributed by atoms with Crippen LogP contribution in [0.3, 0.4) is 0 Å². The van der Waals surface area contributed by atoms with Crippen molar-refractivity contribution >= 4 is 15.9 Å². The van der Waals surface area contributed by atoms with Crippen LogP contribution in [0.2, 0.25) is 0 Å². The Hall–Kier alpha value is -1.32. The maximum Gasteiger partial charge on any atom is 0.133 e. The van der Waals surface area contributed by atoms with Crippen molar-refractivity contribution in [2.24, 2.45) is 5.73 Å². The largest absolute Gasteiger partial charge is 0.493 e. The van der Waals surface area contributed by atoms with Gasteiger partial charge < -0.3 is 10.5 Å². The highest BCUT2D eigenvalue weighted by atomic mass is 79.9. The summed E-state index contributed by atoms with van der Waals surface area (Å²) in [6.45, 7) is 4.74. The Morgan fingerprint density at radius 3 is 2.65 bits per heavy atom. The van der Waals surface area contributed by atoms with E-state index in [-0.39, 0.29) is 6.04 Å². The van der Waals surface area contributed by atoms with Crippen LogP contribution in [0.5, 0.6) is 5.75 Å². The average molecular weight is 334 g/mol. The lowest BCUT2D eigenvalue weighted by atomic mass is 9.98. The molecule has 2 rings (SSSR count). The Balaban J connectivity index is 2.13. The lowest BCUT2D eigenvalue weighted by molar-refractivity contribution is 0.338. The third kappa shape index (κ3) is 3.84. The van der Waals surface area contributed by atoms with Crippen LogP contribution in [-0.4, -0.2) is 6.61 Å². The number of hydrogen-bond donors (Lipinski definition) is 1. The summed E-state index contributed by atoms with van der Waals surface area (Å²) in [6, 6.07) is 14.5. The van der Waals surface area contributed by atoms with Crippen LogP contribution in [-0.2, 0) is 6.42 Å². The third-order valence-electron chi connectivity index (χ3n) is 3.22. The Labute approximate surface area is 129 Å². The molecule has 0 saturated carbocycles. The lowest BCUT2D eigenvalue weighted by Gasteiger charge is -2.14. The van der Waals surface area contributed by atoms with Gasteiger partial charge in [-0.05, 0) is 59.5 Å². The summed E-state index contributed by atoms with van der Waals surface area (Å²) < 4.78 is 6.47. The molecular weight excluding hydrogens is 314 g/mol. The number of hydrogen-bond acceptors (Lipinski definition) is 2. The van der Waals surface area contributed by atoms with Gasteiger partial charge in [0.05, 0.1) is 11.1 Å². The highest BCUT2D eigenvalue weighted by Gasteiger charge is 2.10. The van der Waals surface area contributed by atoms with Gasteiger partial charge in [-0.3, -0.25) is 0 Å². The summed E-state index contributed by atoms with van der Waals surface area (Å²) in [5, 5.41) is 0. The van der Waals surface area contributed by atoms with Gasteiger partial charge in [-0.2, -0.15) is 0 Å². The van der Waals surface area contributed by atoms with E-state index in [0.29, 0.717) is 6.61 Å². The van der Waals surface area contributed by atoms with Crippen molar-refractivity contribution in [1.29, 1.82) is 0 Å². The zero-order chi connectivity index (χ0) is 14.5. The Kier molecular flexibility index (Phi) is 5.21. The van der Waals surface area contributed by atoms with Crippen LogP contribution < -0.4 is 10.5 Å². The fraction of sp³-hybridized carbons (Fsp3) is 0.294. The smallest absolute Gasteiger partial charge is 0.133 e. The minimum absolute atomic E-state index is 0.0104. The van der Waals surface area contributed by atoms with Crippen LogP contribution in [0.25, 0.3) is 0 Å². The van der Waals surface area contributed by atoms with Gasteiger partial charge in [-0.15, -0.1) is 0 Å². The van der Waals surface area contributed by atoms with Gasteiger partial charge in [0.2, 0.25) is 0 Å². The number of benzene rings is 2. The van der Waals surface area contributed by atoms with Crippen molar-refractivity contribution < 1.29 is 4.74 Å². The Bertz CT molecular complexity index is 583. The predicted octanol–water partition coefficient (Wildman–Crippen LogP) is 4.40. The standard InChI is InChI=1S/C17H20BrNO/c1-3-20-17-8-7-14(11-15(17)18)16(19)10-13-6-4-5-12(2)9-13/h4-9,11,16H,3,10,19H2,1-2H3. The number of halogens is 1. The number of nitrogens with two attached hydrogens (primary N) is 1. The van der Waals surface area contributed by atoms with E-state index in [9.17, 15) is 0 Å². The molecule has 106 valence electrons. The first-order valence-electron chi connectivity index (χ1n) is 6.83. The molecule has 0 amide bonds. The van der Waals surface area contributed by atoms with Gasteiger partial charge in [-0.1, -0.05) is 35.9 Å². The molecule has 0 aliphatic heterocycles. The molecule has 20 heavy (non-hydrogen) atoms. The normalized spacial score (nSPS) is 12.2. The van der Waals surface area contributed by atoms with E-state index < -0.39 is 0 Å². The number of ether oxygens (including phenoxy) is 1. The topological polar surface area (TPSA) is 35.2 Å². The number of rotatable bonds is 5. The molecule has 0 heterocycles. The SMILES string of the molecule is CCOc1ccc(C(N)Cc2cccc(C)c2)cc1Br. The van der Waals surface area contributed by atoms with Crippen LogP contribution in [0, 0.1) is 6.92 Å². The monoisotopic (exact) mass is 333 g/mol. The molecule has 3 heteroatoms. The zero-order valence-corrected chi connectivity index (χ0v) is 13.5. The summed E-state index contributed by atoms with van der Waals surface area (Å²) in [5.41, 5.74) is 9.95. The zero-order valence-electron chi connectivity index (χ0n) is 11.9. The highest BCUT2D eigenvalue weighted by molar-refractivity contribution is 9.10. The van der Waals surface area contributed by atoms with Crippen molar-refractivity contribution in [3.05, 3.63) is 63.6 Å². The second-order valence-electron chi connectivity index (χ2n) is 4.92. The lowest BCUT2D eigenvalue weighted by Crippen LogP contribution is -2.13. The quantitative estimate of drug-likeness (QED) is 0.880. The minimum atomic E-state index is -0.0104. The molecule has 0 aromatic heterocycles. The molecule has 0 bridgehead atoms. The summed E-state index contributed by atoms with van der Waals surface area (Å²) in [7, 11) is 0. The van der Waals surface area contributed by atoms with Crippen molar-refractivity contribution in [3.63, 3.8) is 0 Å². The summed E-state index contributed by atoms with van der Waals surface area (Å²) in [4.78, 5) is 0. The molecule has 0 fully saturated rings. The molecule has 0 aliphatic rings. The molecule has 2 aromatic rings. The van der Waals surface area contributed by atoms with Crippen molar-refractivity contribution in [2.45, 2.75) is 26.3 Å². The van der Waals surface area contributed by atoms with Crippen LogP contribution in [0.15, 0.2) is 46.9 Å². The van der Waals surface area contributed by atoms with Crippen molar-refractivity contribution in [1.82, 2.24) is 0 Å². The van der Waals surface area contributed by atoms with E-state index in [1.54, 1.807) is 0 Å². The average Bonchev–Trinajstić information content (AvgIpc) is 2.41. The second-order valence-corrected chi connectivity index (χ2v) is 5.78. The molecule has 0 aliphatic carbocycles. The van der Waals surface area contributed by atoms with E-state index in [0.717, 1.165) is 22.2 Å². The first-order valence-corrected chi connectivity index (χ1v) is 7.63. The third-order valence-corrected chi connectivity index (χ3v) is 3.84. The first kappa shape index (κ1) is 15.1. The second kappa shape index (κ2) is 6.91. The van der Waals surface area contributed by atoms with Gasteiger partial charge in [-0.25, -0.2) is 0 Å². The van der Waals surface area contributed by atoms with E-state index in [2.05, 4.69) is 47.1 Å². The van der Waals surface area contributed by atoms with Gasteiger partial charge in [0, 0.05) is 6.04 Å². The molecule has 2 nitrogen and oxygen atoms in total. The fourth-order valence-corrected chi connectivity index (χ4v) is 2.74. The molecule has 2 aromatic carbocycles. The molecule has 2 N–H and O–H groups in total. The highest BCUT2D eigenvalue weighted by Crippen LogP contribution is 2.28. The van der Waals surface area contributed by atoms with E-state index >= 15 is 0 Å². The maximum absolute atomic E-state index is 6.31. The molecule has 1 atom stereocenters. The van der Waals surface area contributed by atoms with Gasteiger partial charge in [0.15, 0.2) is 0 Å². The van der Waals surface area contributed by atoms with Crippen LogP contribution >= 0.6 is 15.9 Å². The van der Waals surface area contributed by atoms with Crippen LogP contribution in [0.4, 0.5) is 0 Å². The van der Waals surface area contributed by atoms with Crippen molar-refractivity contribution in [2.75, 3.05) is 6.61 Å². The van der Waals surface area contributed by atoms with Gasteiger partial charge in [0.25, 0.3) is 0 Å². The van der Waals surface area contributed by atoms with Crippen molar-refractivity contribution in [3.8, 4) is 5.75 Å². The Morgan fingerprint density at radius 2 is 2.00 bits per heavy atom. The molecule has 0 saturated heterocycles.